The number of phenols is 1. The van der Waals surface area contributed by atoms with Crippen molar-refractivity contribution >= 4 is 24.4 Å². The molecule has 0 spiro atoms. The minimum Gasteiger partial charge on any atom is -0.503 e. The summed E-state index contributed by atoms with van der Waals surface area (Å²) in [6, 6.07) is 3.46. The van der Waals surface area contributed by atoms with E-state index in [0.717, 1.165) is 24.2 Å². The molecule has 1 aromatic rings. The Morgan fingerprint density at radius 1 is 1.38 bits per heavy atom. The number of rotatable bonds is 5. The van der Waals surface area contributed by atoms with Crippen LogP contribution in [0.4, 0.5) is 10.5 Å². The maximum atomic E-state index is 11.8. The second-order valence-electron chi connectivity index (χ2n) is 5.65. The summed E-state index contributed by atoms with van der Waals surface area (Å²) in [4.78, 5) is 11.8. The lowest BCUT2D eigenvalue weighted by Crippen LogP contribution is -2.27. The lowest BCUT2D eigenvalue weighted by molar-refractivity contribution is 0.0635. The van der Waals surface area contributed by atoms with E-state index < -0.39 is 11.7 Å². The molecule has 0 saturated heterocycles. The van der Waals surface area contributed by atoms with E-state index in [1.165, 1.54) is 7.11 Å². The van der Waals surface area contributed by atoms with Crippen LogP contribution in [0.15, 0.2) is 12.1 Å². The van der Waals surface area contributed by atoms with Crippen LogP contribution in [0.1, 0.15) is 32.8 Å². The highest BCUT2D eigenvalue weighted by Gasteiger charge is 2.19. The molecule has 6 heteroatoms. The van der Waals surface area contributed by atoms with Gasteiger partial charge in [0, 0.05) is 0 Å². The van der Waals surface area contributed by atoms with E-state index in [9.17, 15) is 9.90 Å². The number of thiol groups is 1. The lowest BCUT2D eigenvalue weighted by atomic mass is 10.1. The van der Waals surface area contributed by atoms with Crippen molar-refractivity contribution in [2.45, 2.75) is 39.2 Å². The van der Waals surface area contributed by atoms with Gasteiger partial charge in [-0.3, -0.25) is 5.32 Å². The van der Waals surface area contributed by atoms with Gasteiger partial charge in [0.2, 0.25) is 0 Å². The van der Waals surface area contributed by atoms with E-state index in [0.29, 0.717) is 5.75 Å². The summed E-state index contributed by atoms with van der Waals surface area (Å²) in [5.74, 6) is 0.966. The summed E-state index contributed by atoms with van der Waals surface area (Å²) in [5.41, 5.74) is 0.621. The van der Waals surface area contributed by atoms with Gasteiger partial charge in [-0.05, 0) is 57.1 Å². The SMILES string of the molecule is COc1cc(CCCS)cc(NC(=O)OC(C)(C)C)c1O. The predicted octanol–water partition coefficient (Wildman–Crippen LogP) is 3.61. The molecule has 0 fully saturated rings. The number of carbonyl (C=O) groups is 1. The molecule has 21 heavy (non-hydrogen) atoms. The number of hydrogen-bond acceptors (Lipinski definition) is 5. The van der Waals surface area contributed by atoms with E-state index in [1.807, 2.05) is 0 Å². The number of anilines is 1. The summed E-state index contributed by atoms with van der Waals surface area (Å²) in [7, 11) is 1.47. The van der Waals surface area contributed by atoms with Gasteiger partial charge in [-0.25, -0.2) is 4.79 Å². The average molecular weight is 313 g/mol. The van der Waals surface area contributed by atoms with Crippen LogP contribution in [-0.2, 0) is 11.2 Å². The average Bonchev–Trinajstić information content (AvgIpc) is 2.37. The molecule has 0 aliphatic heterocycles. The third kappa shape index (κ3) is 5.75. The van der Waals surface area contributed by atoms with Crippen LogP contribution in [0.2, 0.25) is 0 Å². The van der Waals surface area contributed by atoms with Gasteiger partial charge in [0.15, 0.2) is 11.5 Å². The van der Waals surface area contributed by atoms with Crippen molar-refractivity contribution in [3.63, 3.8) is 0 Å². The summed E-state index contributed by atoms with van der Waals surface area (Å²) in [6.45, 7) is 5.32. The lowest BCUT2D eigenvalue weighted by Gasteiger charge is -2.20. The summed E-state index contributed by atoms with van der Waals surface area (Å²) in [6.07, 6.45) is 1.05. The van der Waals surface area contributed by atoms with Crippen molar-refractivity contribution in [3.05, 3.63) is 17.7 Å². The fourth-order valence-corrected chi connectivity index (χ4v) is 1.91. The highest BCUT2D eigenvalue weighted by Crippen LogP contribution is 2.36. The number of aryl methyl sites for hydroxylation is 1. The van der Waals surface area contributed by atoms with Crippen molar-refractivity contribution in [3.8, 4) is 11.5 Å². The number of amides is 1. The first-order chi connectivity index (χ1) is 9.76. The maximum Gasteiger partial charge on any atom is 0.412 e. The van der Waals surface area contributed by atoms with Gasteiger partial charge in [0.25, 0.3) is 0 Å². The van der Waals surface area contributed by atoms with Gasteiger partial charge in [0.05, 0.1) is 12.8 Å². The number of carbonyl (C=O) groups excluding carboxylic acids is 1. The van der Waals surface area contributed by atoms with Gasteiger partial charge in [0.1, 0.15) is 5.60 Å². The van der Waals surface area contributed by atoms with E-state index in [2.05, 4.69) is 17.9 Å². The van der Waals surface area contributed by atoms with Crippen LogP contribution < -0.4 is 10.1 Å². The highest BCUT2D eigenvalue weighted by atomic mass is 32.1. The van der Waals surface area contributed by atoms with Gasteiger partial charge >= 0.3 is 6.09 Å². The largest absolute Gasteiger partial charge is 0.503 e. The van der Waals surface area contributed by atoms with Crippen molar-refractivity contribution in [2.75, 3.05) is 18.2 Å². The van der Waals surface area contributed by atoms with Gasteiger partial charge in [-0.15, -0.1) is 0 Å². The zero-order chi connectivity index (χ0) is 16.0. The zero-order valence-corrected chi connectivity index (χ0v) is 13.8. The minimum atomic E-state index is -0.619. The number of hydrogen-bond donors (Lipinski definition) is 3. The first kappa shape index (κ1) is 17.5. The molecular formula is C15H23NO4S. The Morgan fingerprint density at radius 3 is 2.57 bits per heavy atom. The molecule has 0 aromatic heterocycles. The maximum absolute atomic E-state index is 11.8. The smallest absolute Gasteiger partial charge is 0.412 e. The minimum absolute atomic E-state index is 0.113. The molecule has 0 saturated carbocycles. The van der Waals surface area contributed by atoms with E-state index in [-0.39, 0.29) is 11.4 Å². The Hall–Kier alpha value is -1.56. The molecule has 0 aliphatic carbocycles. The molecule has 0 bridgehead atoms. The Morgan fingerprint density at radius 2 is 2.05 bits per heavy atom. The molecule has 0 heterocycles. The predicted molar refractivity (Wildman–Crippen MR) is 86.7 cm³/mol. The third-order valence-electron chi connectivity index (χ3n) is 2.61. The fraction of sp³-hybridized carbons (Fsp3) is 0.533. The zero-order valence-electron chi connectivity index (χ0n) is 12.9. The quantitative estimate of drug-likeness (QED) is 0.574. The molecule has 0 unspecified atom stereocenters. The standard InChI is InChI=1S/C15H23NO4S/c1-15(2,3)20-14(18)16-11-8-10(6-5-7-21)9-12(19-4)13(11)17/h8-9,17,21H,5-7H2,1-4H3,(H,16,18). The first-order valence-electron chi connectivity index (χ1n) is 6.77. The molecule has 0 radical (unpaired) electrons. The van der Waals surface area contributed by atoms with Crippen LogP contribution >= 0.6 is 12.6 Å². The molecular weight excluding hydrogens is 290 g/mol. The fourth-order valence-electron chi connectivity index (χ4n) is 1.76. The normalized spacial score (nSPS) is 11.1. The molecule has 1 rings (SSSR count). The van der Waals surface area contributed by atoms with Crippen LogP contribution in [0.3, 0.4) is 0 Å². The molecule has 0 aliphatic rings. The Kier molecular flexibility index (Phi) is 6.20. The van der Waals surface area contributed by atoms with E-state index in [1.54, 1.807) is 32.9 Å². The highest BCUT2D eigenvalue weighted by molar-refractivity contribution is 7.80. The Bertz CT molecular complexity index is 497. The van der Waals surface area contributed by atoms with E-state index >= 15 is 0 Å². The molecule has 2 N–H and O–H groups in total. The van der Waals surface area contributed by atoms with Crippen LogP contribution in [0, 0.1) is 0 Å². The van der Waals surface area contributed by atoms with E-state index in [4.69, 9.17) is 9.47 Å². The van der Waals surface area contributed by atoms with Gasteiger partial charge in [-0.2, -0.15) is 12.6 Å². The van der Waals surface area contributed by atoms with Crippen molar-refractivity contribution in [1.82, 2.24) is 0 Å². The second kappa shape index (κ2) is 7.45. The van der Waals surface area contributed by atoms with Gasteiger partial charge < -0.3 is 14.6 Å². The first-order valence-corrected chi connectivity index (χ1v) is 7.41. The summed E-state index contributed by atoms with van der Waals surface area (Å²) < 4.78 is 10.3. The van der Waals surface area contributed by atoms with Crippen LogP contribution in [0.25, 0.3) is 0 Å². The van der Waals surface area contributed by atoms with Gasteiger partial charge in [-0.1, -0.05) is 0 Å². The molecule has 5 nitrogen and oxygen atoms in total. The number of phenolic OH excluding ortho intramolecular Hbond substituents is 1. The van der Waals surface area contributed by atoms with Crippen molar-refractivity contribution < 1.29 is 19.4 Å². The Labute approximate surface area is 131 Å². The van der Waals surface area contributed by atoms with Crippen molar-refractivity contribution in [1.29, 1.82) is 0 Å². The molecule has 118 valence electrons. The van der Waals surface area contributed by atoms with Crippen LogP contribution in [0.5, 0.6) is 11.5 Å². The topological polar surface area (TPSA) is 67.8 Å². The molecule has 0 atom stereocenters. The second-order valence-corrected chi connectivity index (χ2v) is 6.10. The summed E-state index contributed by atoms with van der Waals surface area (Å²) in [5, 5.41) is 12.6. The number of aromatic hydroxyl groups is 1. The number of methoxy groups -OCH3 is 1. The number of nitrogens with one attached hydrogen (secondary N) is 1. The summed E-state index contributed by atoms with van der Waals surface area (Å²) >= 11 is 4.18. The van der Waals surface area contributed by atoms with Crippen LogP contribution in [-0.4, -0.2) is 29.7 Å². The van der Waals surface area contributed by atoms with Crippen molar-refractivity contribution in [2.24, 2.45) is 0 Å². The molecule has 1 aromatic carbocycles. The number of benzene rings is 1. The monoisotopic (exact) mass is 313 g/mol. The number of ether oxygens (including phenoxy) is 2. The third-order valence-corrected chi connectivity index (χ3v) is 2.93. The molecule has 1 amide bonds. The Balaban J connectivity index is 2.96.